The number of rotatable bonds is 5. The smallest absolute Gasteiger partial charge is 0.255 e. The van der Waals surface area contributed by atoms with Gasteiger partial charge in [-0.25, -0.2) is 8.78 Å². The Hall–Kier alpha value is -1.49. The summed E-state index contributed by atoms with van der Waals surface area (Å²) in [5.41, 5.74) is 5.52. The van der Waals surface area contributed by atoms with Crippen molar-refractivity contribution >= 4 is 17.2 Å². The van der Waals surface area contributed by atoms with Crippen molar-refractivity contribution in [2.75, 3.05) is 26.2 Å². The second kappa shape index (κ2) is 7.84. The molecule has 0 saturated heterocycles. The molecule has 19 heavy (non-hydrogen) atoms. The maximum atomic E-state index is 12.3. The van der Waals surface area contributed by atoms with E-state index >= 15 is 0 Å². The van der Waals surface area contributed by atoms with Crippen LogP contribution in [-0.4, -0.2) is 48.6 Å². The van der Waals surface area contributed by atoms with E-state index in [2.05, 4.69) is 11.8 Å². The first-order valence-electron chi connectivity index (χ1n) is 5.54. The fraction of sp³-hybridized carbons (Fsp3) is 0.417. The number of nitrogens with zero attached hydrogens (tertiary/aromatic N) is 1. The summed E-state index contributed by atoms with van der Waals surface area (Å²) in [5.74, 6) is 4.88. The maximum Gasteiger partial charge on any atom is 0.255 e. The minimum Gasteiger partial charge on any atom is -0.395 e. The zero-order chi connectivity index (χ0) is 14.3. The summed E-state index contributed by atoms with van der Waals surface area (Å²) in [6.07, 6.45) is -2.63. The van der Waals surface area contributed by atoms with Crippen LogP contribution in [0, 0.1) is 11.8 Å². The summed E-state index contributed by atoms with van der Waals surface area (Å²) in [7, 11) is 0. The van der Waals surface area contributed by atoms with Gasteiger partial charge in [-0.05, 0) is 6.07 Å². The summed E-state index contributed by atoms with van der Waals surface area (Å²) < 4.78 is 24.7. The number of hydrogen-bond acceptors (Lipinski definition) is 4. The highest BCUT2D eigenvalue weighted by Gasteiger charge is 2.20. The van der Waals surface area contributed by atoms with Crippen LogP contribution in [0.2, 0.25) is 0 Å². The van der Waals surface area contributed by atoms with Gasteiger partial charge < -0.3 is 15.7 Å². The molecule has 0 unspecified atom stereocenters. The van der Waals surface area contributed by atoms with E-state index in [9.17, 15) is 13.6 Å². The number of alkyl halides is 2. The van der Waals surface area contributed by atoms with Crippen molar-refractivity contribution in [1.82, 2.24) is 4.90 Å². The van der Waals surface area contributed by atoms with Crippen LogP contribution >= 0.6 is 11.3 Å². The number of halogens is 2. The van der Waals surface area contributed by atoms with Crippen molar-refractivity contribution in [3.05, 3.63) is 21.9 Å². The van der Waals surface area contributed by atoms with Gasteiger partial charge in [-0.2, -0.15) is 0 Å². The van der Waals surface area contributed by atoms with E-state index in [0.717, 1.165) is 4.90 Å². The number of thiophene rings is 1. The van der Waals surface area contributed by atoms with E-state index < -0.39 is 18.9 Å². The lowest BCUT2D eigenvalue weighted by Crippen LogP contribution is -2.37. The third kappa shape index (κ3) is 4.95. The van der Waals surface area contributed by atoms with Gasteiger partial charge in [0.2, 0.25) is 0 Å². The second-order valence-corrected chi connectivity index (χ2v) is 4.48. The summed E-state index contributed by atoms with van der Waals surface area (Å²) in [5, 5.41) is 10.3. The van der Waals surface area contributed by atoms with Gasteiger partial charge in [-0.1, -0.05) is 11.8 Å². The molecule has 1 aromatic heterocycles. The highest BCUT2D eigenvalue weighted by Crippen LogP contribution is 2.16. The molecule has 0 radical (unpaired) electrons. The lowest BCUT2D eigenvalue weighted by atomic mass is 10.2. The van der Waals surface area contributed by atoms with Gasteiger partial charge in [0.15, 0.2) is 0 Å². The van der Waals surface area contributed by atoms with Crippen LogP contribution in [0.4, 0.5) is 8.78 Å². The Morgan fingerprint density at radius 1 is 1.58 bits per heavy atom. The molecule has 0 aliphatic rings. The summed E-state index contributed by atoms with van der Waals surface area (Å²) in [6.45, 7) is -0.965. The Morgan fingerprint density at radius 3 is 2.89 bits per heavy atom. The van der Waals surface area contributed by atoms with Gasteiger partial charge in [0.1, 0.15) is 0 Å². The second-order valence-electron chi connectivity index (χ2n) is 3.57. The first kappa shape index (κ1) is 15.6. The average Bonchev–Trinajstić information content (AvgIpc) is 2.83. The predicted molar refractivity (Wildman–Crippen MR) is 69.2 cm³/mol. The van der Waals surface area contributed by atoms with E-state index in [4.69, 9.17) is 10.8 Å². The largest absolute Gasteiger partial charge is 0.395 e. The molecular weight excluding hydrogens is 274 g/mol. The van der Waals surface area contributed by atoms with E-state index in [1.54, 1.807) is 5.38 Å². The molecule has 0 bridgehead atoms. The zero-order valence-corrected chi connectivity index (χ0v) is 10.9. The van der Waals surface area contributed by atoms with Crippen molar-refractivity contribution < 1.29 is 18.7 Å². The van der Waals surface area contributed by atoms with Gasteiger partial charge in [-0.15, -0.1) is 11.3 Å². The molecule has 0 saturated carbocycles. The molecule has 104 valence electrons. The minimum absolute atomic E-state index is 0.122. The van der Waals surface area contributed by atoms with E-state index in [0.29, 0.717) is 10.4 Å². The van der Waals surface area contributed by atoms with E-state index in [1.165, 1.54) is 17.4 Å². The lowest BCUT2D eigenvalue weighted by molar-refractivity contribution is 0.0509. The first-order valence-corrected chi connectivity index (χ1v) is 6.42. The van der Waals surface area contributed by atoms with Gasteiger partial charge in [0, 0.05) is 11.9 Å². The number of aliphatic hydroxyl groups excluding tert-OH is 1. The number of carbonyl (C=O) groups excluding carboxylic acids is 1. The molecule has 1 heterocycles. The molecule has 0 fully saturated rings. The predicted octanol–water partition coefficient (Wildman–Crippen LogP) is 0.758. The normalized spacial score (nSPS) is 10.2. The minimum atomic E-state index is -2.63. The molecule has 4 nitrogen and oxygen atoms in total. The fourth-order valence-electron chi connectivity index (χ4n) is 1.40. The molecule has 1 aromatic rings. The maximum absolute atomic E-state index is 12.3. The zero-order valence-electron chi connectivity index (χ0n) is 10.1. The summed E-state index contributed by atoms with van der Waals surface area (Å²) >= 11 is 1.25. The number of nitrogens with two attached hydrogens (primary N) is 1. The highest BCUT2D eigenvalue weighted by atomic mass is 32.1. The molecule has 0 aromatic carbocycles. The Labute approximate surface area is 113 Å². The van der Waals surface area contributed by atoms with Crippen LogP contribution in [0.15, 0.2) is 11.4 Å². The third-order valence-corrected chi connectivity index (χ3v) is 3.02. The lowest BCUT2D eigenvalue weighted by Gasteiger charge is -2.20. The molecule has 1 amide bonds. The van der Waals surface area contributed by atoms with Crippen LogP contribution < -0.4 is 5.73 Å². The Balaban J connectivity index is 2.81. The number of carbonyl (C=O) groups is 1. The first-order chi connectivity index (χ1) is 9.08. The van der Waals surface area contributed by atoms with Gasteiger partial charge in [0.05, 0.1) is 30.1 Å². The van der Waals surface area contributed by atoms with Crippen LogP contribution in [0.3, 0.4) is 0 Å². The van der Waals surface area contributed by atoms with Crippen LogP contribution in [0.25, 0.3) is 0 Å². The topological polar surface area (TPSA) is 66.6 Å². The molecular formula is C12H14F2N2O2S. The van der Waals surface area contributed by atoms with Gasteiger partial charge in [-0.3, -0.25) is 4.79 Å². The molecule has 0 aliphatic carbocycles. The molecule has 1 rings (SSSR count). The highest BCUT2D eigenvalue weighted by molar-refractivity contribution is 7.10. The molecule has 7 heteroatoms. The molecule has 0 atom stereocenters. The van der Waals surface area contributed by atoms with Crippen LogP contribution in [0.5, 0.6) is 0 Å². The number of aliphatic hydroxyl groups is 1. The van der Waals surface area contributed by atoms with Gasteiger partial charge in [0.25, 0.3) is 12.3 Å². The van der Waals surface area contributed by atoms with E-state index in [-0.39, 0.29) is 19.7 Å². The van der Waals surface area contributed by atoms with Crippen molar-refractivity contribution in [2.24, 2.45) is 5.73 Å². The molecule has 0 spiro atoms. The van der Waals surface area contributed by atoms with Crippen LogP contribution in [-0.2, 0) is 0 Å². The number of amides is 1. The van der Waals surface area contributed by atoms with Crippen LogP contribution in [0.1, 0.15) is 15.2 Å². The van der Waals surface area contributed by atoms with Gasteiger partial charge >= 0.3 is 0 Å². The Morgan fingerprint density at radius 2 is 2.32 bits per heavy atom. The van der Waals surface area contributed by atoms with Crippen molar-refractivity contribution in [3.63, 3.8) is 0 Å². The fourth-order valence-corrected chi connectivity index (χ4v) is 2.15. The van der Waals surface area contributed by atoms with Crippen molar-refractivity contribution in [1.29, 1.82) is 0 Å². The van der Waals surface area contributed by atoms with Crippen molar-refractivity contribution in [3.8, 4) is 11.8 Å². The number of hydrogen-bond donors (Lipinski definition) is 2. The average molecular weight is 288 g/mol. The Kier molecular flexibility index (Phi) is 6.42. The summed E-state index contributed by atoms with van der Waals surface area (Å²) in [6, 6.07) is 1.53. The van der Waals surface area contributed by atoms with E-state index in [1.807, 2.05) is 0 Å². The molecule has 3 N–H and O–H groups in total. The summed E-state index contributed by atoms with van der Waals surface area (Å²) in [4.78, 5) is 13.5. The van der Waals surface area contributed by atoms with Crippen molar-refractivity contribution in [2.45, 2.75) is 6.43 Å². The SMILES string of the molecule is NCC#Cc1cc(C(=O)N(CCO)CC(F)F)cs1. The third-order valence-electron chi connectivity index (χ3n) is 2.18. The monoisotopic (exact) mass is 288 g/mol. The standard InChI is InChI=1S/C12H14F2N2O2S/c13-11(14)7-16(4-5-17)12(18)9-6-10(19-8-9)2-1-3-15/h6,8,11,17H,3-5,7,15H2. The quantitative estimate of drug-likeness (QED) is 0.786. The Bertz CT molecular complexity index is 480. The molecule has 0 aliphatic heterocycles.